The van der Waals surface area contributed by atoms with Gasteiger partial charge in [0.1, 0.15) is 6.42 Å². The monoisotopic (exact) mass is 376 g/mol. The van der Waals surface area contributed by atoms with Crippen LogP contribution in [0.5, 0.6) is 11.5 Å². The highest BCUT2D eigenvalue weighted by molar-refractivity contribution is 6.30. The van der Waals surface area contributed by atoms with E-state index in [4.69, 9.17) is 21.1 Å². The Morgan fingerprint density at radius 3 is 1.96 bits per heavy atom. The number of nitrogens with one attached hydrogen (secondary N) is 2. The number of rotatable bonds is 8. The van der Waals surface area contributed by atoms with Gasteiger partial charge >= 0.3 is 0 Å². The van der Waals surface area contributed by atoms with Gasteiger partial charge in [-0.25, -0.2) is 0 Å². The molecule has 0 atom stereocenters. The average molecular weight is 377 g/mol. The Labute approximate surface area is 157 Å². The Hall–Kier alpha value is -2.73. The van der Waals surface area contributed by atoms with E-state index in [2.05, 4.69) is 10.6 Å². The minimum Gasteiger partial charge on any atom is -0.493 e. The van der Waals surface area contributed by atoms with Gasteiger partial charge in [-0.2, -0.15) is 0 Å². The lowest BCUT2D eigenvalue weighted by atomic mass is 10.2. The quantitative estimate of drug-likeness (QED) is 0.694. The van der Waals surface area contributed by atoms with E-state index in [0.29, 0.717) is 29.6 Å². The topological polar surface area (TPSA) is 76.7 Å². The molecule has 0 fully saturated rings. The van der Waals surface area contributed by atoms with Crippen LogP contribution in [0.15, 0.2) is 42.5 Å². The van der Waals surface area contributed by atoms with Gasteiger partial charge in [-0.3, -0.25) is 9.59 Å². The van der Waals surface area contributed by atoms with E-state index < -0.39 is 0 Å². The normalized spacial score (nSPS) is 10.1. The molecular weight excluding hydrogens is 356 g/mol. The number of ether oxygens (including phenoxy) is 2. The third-order valence-corrected chi connectivity index (χ3v) is 3.91. The second kappa shape index (κ2) is 9.68. The van der Waals surface area contributed by atoms with Crippen molar-refractivity contribution in [2.45, 2.75) is 19.5 Å². The molecule has 138 valence electrons. The molecule has 0 aromatic heterocycles. The predicted octanol–water partition coefficient (Wildman–Crippen LogP) is 2.68. The lowest BCUT2D eigenvalue weighted by Crippen LogP contribution is -2.31. The van der Waals surface area contributed by atoms with Crippen LogP contribution in [-0.2, 0) is 22.7 Å². The summed E-state index contributed by atoms with van der Waals surface area (Å²) in [6, 6.07) is 12.5. The zero-order chi connectivity index (χ0) is 18.9. The van der Waals surface area contributed by atoms with E-state index in [1.807, 2.05) is 18.2 Å². The summed E-state index contributed by atoms with van der Waals surface area (Å²) in [6.45, 7) is 0.641. The molecule has 0 aliphatic carbocycles. The van der Waals surface area contributed by atoms with E-state index in [1.54, 1.807) is 38.5 Å². The SMILES string of the molecule is COc1ccc(CNC(=O)CC(=O)NCc2ccc(Cl)cc2)cc1OC. The summed E-state index contributed by atoms with van der Waals surface area (Å²) >= 11 is 5.81. The van der Waals surface area contributed by atoms with E-state index in [0.717, 1.165) is 11.1 Å². The fourth-order valence-electron chi connectivity index (χ4n) is 2.26. The van der Waals surface area contributed by atoms with Crippen molar-refractivity contribution in [3.8, 4) is 11.5 Å². The number of benzene rings is 2. The van der Waals surface area contributed by atoms with Crippen molar-refractivity contribution in [3.63, 3.8) is 0 Å². The molecule has 2 rings (SSSR count). The Balaban J connectivity index is 1.77. The standard InChI is InChI=1S/C19H21ClN2O4/c1-25-16-8-5-14(9-17(16)26-2)12-22-19(24)10-18(23)21-11-13-3-6-15(20)7-4-13/h3-9H,10-12H2,1-2H3,(H,21,23)(H,22,24). The summed E-state index contributed by atoms with van der Waals surface area (Å²) < 4.78 is 10.4. The number of halogens is 1. The molecule has 0 spiro atoms. The van der Waals surface area contributed by atoms with Gasteiger partial charge in [0, 0.05) is 18.1 Å². The van der Waals surface area contributed by atoms with Crippen molar-refractivity contribution < 1.29 is 19.1 Å². The molecule has 6 nitrogen and oxygen atoms in total. The van der Waals surface area contributed by atoms with Crippen LogP contribution in [0.2, 0.25) is 5.02 Å². The summed E-state index contributed by atoms with van der Waals surface area (Å²) in [7, 11) is 3.10. The largest absolute Gasteiger partial charge is 0.493 e. The minimum atomic E-state index is -0.353. The molecule has 7 heteroatoms. The summed E-state index contributed by atoms with van der Waals surface area (Å²) in [4.78, 5) is 23.8. The van der Waals surface area contributed by atoms with Crippen LogP contribution < -0.4 is 20.1 Å². The third-order valence-electron chi connectivity index (χ3n) is 3.66. The maximum Gasteiger partial charge on any atom is 0.229 e. The van der Waals surface area contributed by atoms with Gasteiger partial charge in [0.25, 0.3) is 0 Å². The van der Waals surface area contributed by atoms with Gasteiger partial charge < -0.3 is 20.1 Å². The molecule has 26 heavy (non-hydrogen) atoms. The van der Waals surface area contributed by atoms with Crippen molar-refractivity contribution in [1.82, 2.24) is 10.6 Å². The van der Waals surface area contributed by atoms with Crippen molar-refractivity contribution in [2.75, 3.05) is 14.2 Å². The van der Waals surface area contributed by atoms with Crippen molar-refractivity contribution >= 4 is 23.4 Å². The van der Waals surface area contributed by atoms with Gasteiger partial charge in [-0.1, -0.05) is 29.8 Å². The molecular formula is C19H21ClN2O4. The molecule has 0 radical (unpaired) electrons. The van der Waals surface area contributed by atoms with Crippen LogP contribution >= 0.6 is 11.6 Å². The van der Waals surface area contributed by atoms with E-state index in [9.17, 15) is 9.59 Å². The summed E-state index contributed by atoms with van der Waals surface area (Å²) in [6.07, 6.45) is -0.235. The Morgan fingerprint density at radius 1 is 0.846 bits per heavy atom. The number of hydrogen-bond acceptors (Lipinski definition) is 4. The van der Waals surface area contributed by atoms with E-state index in [1.165, 1.54) is 0 Å². The maximum absolute atomic E-state index is 11.9. The smallest absolute Gasteiger partial charge is 0.229 e. The van der Waals surface area contributed by atoms with Crippen LogP contribution in [0.1, 0.15) is 17.5 Å². The number of amides is 2. The van der Waals surface area contributed by atoms with Crippen LogP contribution in [0.4, 0.5) is 0 Å². The molecule has 0 aliphatic heterocycles. The van der Waals surface area contributed by atoms with E-state index in [-0.39, 0.29) is 18.2 Å². The first kappa shape index (κ1) is 19.6. The summed E-state index contributed by atoms with van der Waals surface area (Å²) in [5, 5.41) is 6.05. The lowest BCUT2D eigenvalue weighted by Gasteiger charge is -2.10. The molecule has 0 aliphatic rings. The number of methoxy groups -OCH3 is 2. The molecule has 0 saturated carbocycles. The maximum atomic E-state index is 11.9. The molecule has 0 saturated heterocycles. The van der Waals surface area contributed by atoms with Gasteiger partial charge in [-0.15, -0.1) is 0 Å². The molecule has 2 amide bonds. The molecule has 0 heterocycles. The highest BCUT2D eigenvalue weighted by Crippen LogP contribution is 2.27. The van der Waals surface area contributed by atoms with Crippen molar-refractivity contribution in [2.24, 2.45) is 0 Å². The summed E-state index contributed by atoms with van der Waals surface area (Å²) in [5.41, 5.74) is 1.76. The highest BCUT2D eigenvalue weighted by atomic mass is 35.5. The first-order chi connectivity index (χ1) is 12.5. The van der Waals surface area contributed by atoms with E-state index >= 15 is 0 Å². The average Bonchev–Trinajstić information content (AvgIpc) is 2.65. The van der Waals surface area contributed by atoms with Gasteiger partial charge in [0.05, 0.1) is 14.2 Å². The van der Waals surface area contributed by atoms with Crippen molar-refractivity contribution in [3.05, 3.63) is 58.6 Å². The van der Waals surface area contributed by atoms with Crippen molar-refractivity contribution in [1.29, 1.82) is 0 Å². The van der Waals surface area contributed by atoms with Gasteiger partial charge in [-0.05, 0) is 35.4 Å². The first-order valence-corrected chi connectivity index (χ1v) is 8.38. The van der Waals surface area contributed by atoms with Crippen LogP contribution in [0, 0.1) is 0 Å². The third kappa shape index (κ3) is 5.97. The molecule has 2 aromatic rings. The number of carbonyl (C=O) groups is 2. The lowest BCUT2D eigenvalue weighted by molar-refractivity contribution is -0.129. The zero-order valence-electron chi connectivity index (χ0n) is 14.7. The van der Waals surface area contributed by atoms with Crippen LogP contribution in [0.25, 0.3) is 0 Å². The minimum absolute atomic E-state index is 0.235. The number of hydrogen-bond donors (Lipinski definition) is 2. The predicted molar refractivity (Wildman–Crippen MR) is 99.3 cm³/mol. The Kier molecular flexibility index (Phi) is 7.29. The summed E-state index contributed by atoms with van der Waals surface area (Å²) in [5.74, 6) is 0.502. The van der Waals surface area contributed by atoms with Gasteiger partial charge in [0.15, 0.2) is 11.5 Å². The zero-order valence-corrected chi connectivity index (χ0v) is 15.4. The second-order valence-corrected chi connectivity index (χ2v) is 5.98. The molecule has 2 N–H and O–H groups in total. The Morgan fingerprint density at radius 2 is 1.38 bits per heavy atom. The molecule has 2 aromatic carbocycles. The van der Waals surface area contributed by atoms with Crippen LogP contribution in [0.3, 0.4) is 0 Å². The second-order valence-electron chi connectivity index (χ2n) is 5.55. The fraction of sp³-hybridized carbons (Fsp3) is 0.263. The Bertz CT molecular complexity index is 763. The van der Waals surface area contributed by atoms with Crippen LogP contribution in [-0.4, -0.2) is 26.0 Å². The first-order valence-electron chi connectivity index (χ1n) is 8.00. The number of carbonyl (C=O) groups excluding carboxylic acids is 2. The molecule has 0 unspecified atom stereocenters. The fourth-order valence-corrected chi connectivity index (χ4v) is 2.39. The molecule has 0 bridgehead atoms. The van der Waals surface area contributed by atoms with Gasteiger partial charge in [0.2, 0.25) is 11.8 Å². The highest BCUT2D eigenvalue weighted by Gasteiger charge is 2.10.